The van der Waals surface area contributed by atoms with Gasteiger partial charge in [-0.05, 0) is 26.5 Å². The van der Waals surface area contributed by atoms with Gasteiger partial charge in [-0.2, -0.15) is 0 Å². The molecule has 0 aliphatic heterocycles. The zero-order chi connectivity index (χ0) is 8.97. The van der Waals surface area contributed by atoms with Crippen LogP contribution in [-0.2, 0) is 6.42 Å². The Morgan fingerprint density at radius 2 is 2.42 bits per heavy atom. The van der Waals surface area contributed by atoms with Gasteiger partial charge in [-0.15, -0.1) is 11.3 Å². The van der Waals surface area contributed by atoms with E-state index in [0.717, 1.165) is 17.1 Å². The molecule has 1 aromatic heterocycles. The second-order valence-electron chi connectivity index (χ2n) is 2.93. The summed E-state index contributed by atoms with van der Waals surface area (Å²) in [6.45, 7) is 4.83. The first-order chi connectivity index (χ1) is 5.72. The summed E-state index contributed by atoms with van der Waals surface area (Å²) in [5, 5.41) is 3.20. The van der Waals surface area contributed by atoms with Crippen LogP contribution in [0.3, 0.4) is 0 Å². The van der Waals surface area contributed by atoms with Crippen molar-refractivity contribution in [1.82, 2.24) is 4.98 Å². The van der Waals surface area contributed by atoms with Crippen molar-refractivity contribution in [2.45, 2.75) is 20.3 Å². The summed E-state index contributed by atoms with van der Waals surface area (Å²) >= 11 is 1.68. The van der Waals surface area contributed by atoms with Crippen molar-refractivity contribution in [2.24, 2.45) is 5.73 Å². The number of aromatic nitrogens is 1. The first-order valence-electron chi connectivity index (χ1n) is 4.01. The van der Waals surface area contributed by atoms with E-state index < -0.39 is 0 Å². The molecule has 1 heterocycles. The Bertz CT molecular complexity index is 272. The lowest BCUT2D eigenvalue weighted by Gasteiger charge is -1.88. The fourth-order valence-corrected chi connectivity index (χ4v) is 1.70. The van der Waals surface area contributed by atoms with Crippen molar-refractivity contribution < 1.29 is 0 Å². The van der Waals surface area contributed by atoms with E-state index in [1.165, 1.54) is 5.57 Å². The molecule has 1 rings (SSSR count). The fraction of sp³-hybridized carbons (Fsp3) is 0.444. The zero-order valence-corrected chi connectivity index (χ0v) is 8.32. The number of allylic oxidation sites excluding steroid dienone is 1. The van der Waals surface area contributed by atoms with Gasteiger partial charge in [0.1, 0.15) is 0 Å². The maximum Gasteiger partial charge on any atom is 0.0944 e. The van der Waals surface area contributed by atoms with Crippen molar-refractivity contribution in [1.29, 1.82) is 0 Å². The van der Waals surface area contributed by atoms with Gasteiger partial charge in [0.05, 0.1) is 10.7 Å². The molecule has 12 heavy (non-hydrogen) atoms. The van der Waals surface area contributed by atoms with E-state index in [0.29, 0.717) is 6.54 Å². The van der Waals surface area contributed by atoms with Crippen LogP contribution >= 0.6 is 11.3 Å². The van der Waals surface area contributed by atoms with E-state index in [2.05, 4.69) is 30.3 Å². The van der Waals surface area contributed by atoms with Crippen molar-refractivity contribution in [3.63, 3.8) is 0 Å². The first-order valence-corrected chi connectivity index (χ1v) is 4.89. The maximum atomic E-state index is 5.42. The second kappa shape index (κ2) is 4.38. The number of rotatable bonds is 3. The van der Waals surface area contributed by atoms with E-state index in [1.54, 1.807) is 11.3 Å². The highest BCUT2D eigenvalue weighted by Crippen LogP contribution is 2.12. The number of nitrogens with two attached hydrogens (primary N) is 1. The largest absolute Gasteiger partial charge is 0.330 e. The van der Waals surface area contributed by atoms with Crippen LogP contribution in [0.5, 0.6) is 0 Å². The highest BCUT2D eigenvalue weighted by atomic mass is 32.1. The quantitative estimate of drug-likeness (QED) is 0.777. The summed E-state index contributed by atoms with van der Waals surface area (Å²) in [4.78, 5) is 4.40. The molecule has 0 aliphatic rings. The number of thiazole rings is 1. The molecule has 0 saturated heterocycles. The van der Waals surface area contributed by atoms with Crippen LogP contribution in [0.4, 0.5) is 0 Å². The molecular formula is C9H14N2S. The molecule has 0 atom stereocenters. The topological polar surface area (TPSA) is 38.9 Å². The van der Waals surface area contributed by atoms with Crippen molar-refractivity contribution >= 4 is 17.4 Å². The maximum absolute atomic E-state index is 5.42. The molecule has 0 aliphatic carbocycles. The van der Waals surface area contributed by atoms with Crippen LogP contribution in [0.1, 0.15) is 24.5 Å². The molecule has 0 radical (unpaired) electrons. The number of nitrogens with zero attached hydrogens (tertiary/aromatic N) is 1. The average Bonchev–Trinajstić information content (AvgIpc) is 2.36. The molecule has 1 aromatic rings. The summed E-state index contributed by atoms with van der Waals surface area (Å²) in [5.74, 6) is 0. The van der Waals surface area contributed by atoms with Gasteiger partial charge in [0.15, 0.2) is 0 Å². The van der Waals surface area contributed by atoms with Crippen LogP contribution < -0.4 is 5.73 Å². The lowest BCUT2D eigenvalue weighted by Crippen LogP contribution is -2.01. The van der Waals surface area contributed by atoms with Gasteiger partial charge in [0, 0.05) is 11.8 Å². The third kappa shape index (κ3) is 2.75. The minimum absolute atomic E-state index is 0.682. The Kier molecular flexibility index (Phi) is 3.44. The van der Waals surface area contributed by atoms with Gasteiger partial charge in [0.25, 0.3) is 0 Å². The Labute approximate surface area is 77.1 Å². The number of hydrogen-bond donors (Lipinski definition) is 1. The van der Waals surface area contributed by atoms with Crippen molar-refractivity contribution in [3.8, 4) is 0 Å². The summed E-state index contributed by atoms with van der Waals surface area (Å²) in [6, 6.07) is 0. The number of hydrogen-bond acceptors (Lipinski definition) is 3. The van der Waals surface area contributed by atoms with E-state index in [9.17, 15) is 0 Å². The SMILES string of the molecule is CC(C)=Cc1csc(CCN)n1. The standard InChI is InChI=1S/C9H14N2S/c1-7(2)5-8-6-12-9(11-8)3-4-10/h5-6H,3-4,10H2,1-2H3. The van der Waals surface area contributed by atoms with Gasteiger partial charge in [-0.3, -0.25) is 0 Å². The minimum atomic E-state index is 0.682. The first kappa shape index (κ1) is 9.42. The lowest BCUT2D eigenvalue weighted by atomic mass is 10.3. The molecule has 2 N–H and O–H groups in total. The van der Waals surface area contributed by atoms with Crippen LogP contribution in [0, 0.1) is 0 Å². The molecular weight excluding hydrogens is 168 g/mol. The van der Waals surface area contributed by atoms with Gasteiger partial charge in [0.2, 0.25) is 0 Å². The van der Waals surface area contributed by atoms with Gasteiger partial charge < -0.3 is 5.73 Å². The van der Waals surface area contributed by atoms with Crippen molar-refractivity contribution in [2.75, 3.05) is 6.54 Å². The molecule has 0 bridgehead atoms. The van der Waals surface area contributed by atoms with Gasteiger partial charge in [-0.25, -0.2) is 4.98 Å². The molecule has 66 valence electrons. The predicted molar refractivity (Wildman–Crippen MR) is 54.2 cm³/mol. The Hall–Kier alpha value is -0.670. The second-order valence-corrected chi connectivity index (χ2v) is 3.87. The smallest absolute Gasteiger partial charge is 0.0944 e. The average molecular weight is 182 g/mol. The highest BCUT2D eigenvalue weighted by Gasteiger charge is 1.97. The molecule has 0 fully saturated rings. The molecule has 0 spiro atoms. The Morgan fingerprint density at radius 1 is 1.67 bits per heavy atom. The van der Waals surface area contributed by atoms with E-state index in [-0.39, 0.29) is 0 Å². The predicted octanol–water partition coefficient (Wildman–Crippen LogP) is 2.07. The van der Waals surface area contributed by atoms with Crippen molar-refractivity contribution in [3.05, 3.63) is 21.7 Å². The summed E-state index contributed by atoms with van der Waals surface area (Å²) in [5.41, 5.74) is 7.76. The normalized spacial score (nSPS) is 9.92. The Balaban J connectivity index is 2.71. The Morgan fingerprint density at radius 3 is 3.00 bits per heavy atom. The summed E-state index contributed by atoms with van der Waals surface area (Å²) in [6.07, 6.45) is 2.97. The van der Waals surface area contributed by atoms with Gasteiger partial charge in [-0.1, -0.05) is 5.57 Å². The van der Waals surface area contributed by atoms with E-state index in [4.69, 9.17) is 5.73 Å². The molecule has 0 aromatic carbocycles. The third-order valence-electron chi connectivity index (χ3n) is 1.36. The van der Waals surface area contributed by atoms with Crippen LogP contribution in [0.2, 0.25) is 0 Å². The van der Waals surface area contributed by atoms with Crippen LogP contribution in [0.25, 0.3) is 6.08 Å². The lowest BCUT2D eigenvalue weighted by molar-refractivity contribution is 0.951. The molecule has 0 saturated carbocycles. The van der Waals surface area contributed by atoms with E-state index in [1.807, 2.05) is 0 Å². The van der Waals surface area contributed by atoms with Gasteiger partial charge >= 0.3 is 0 Å². The summed E-state index contributed by atoms with van der Waals surface area (Å²) < 4.78 is 0. The molecule has 2 nitrogen and oxygen atoms in total. The molecule has 0 unspecified atom stereocenters. The minimum Gasteiger partial charge on any atom is -0.330 e. The third-order valence-corrected chi connectivity index (χ3v) is 2.29. The highest BCUT2D eigenvalue weighted by molar-refractivity contribution is 7.09. The fourth-order valence-electron chi connectivity index (χ4n) is 0.925. The zero-order valence-electron chi connectivity index (χ0n) is 7.50. The molecule has 3 heteroatoms. The van der Waals surface area contributed by atoms with Crippen LogP contribution in [-0.4, -0.2) is 11.5 Å². The molecule has 0 amide bonds. The monoisotopic (exact) mass is 182 g/mol. The summed E-state index contributed by atoms with van der Waals surface area (Å²) in [7, 11) is 0. The van der Waals surface area contributed by atoms with E-state index >= 15 is 0 Å². The van der Waals surface area contributed by atoms with Crippen LogP contribution in [0.15, 0.2) is 11.0 Å².